The fourth-order valence-corrected chi connectivity index (χ4v) is 3.25. The predicted molar refractivity (Wildman–Crippen MR) is 91.8 cm³/mol. The number of carbonyl (C=O) groups excluding carboxylic acids is 1. The summed E-state index contributed by atoms with van der Waals surface area (Å²) < 4.78 is 0. The smallest absolute Gasteiger partial charge is 0.323 e. The fourth-order valence-electron chi connectivity index (χ4n) is 3.25. The molecule has 0 saturated heterocycles. The second-order valence-corrected chi connectivity index (χ2v) is 5.92. The van der Waals surface area contributed by atoms with Crippen LogP contribution in [-0.4, -0.2) is 10.8 Å². The van der Waals surface area contributed by atoms with E-state index in [-0.39, 0.29) is 11.5 Å². The van der Waals surface area contributed by atoms with Crippen molar-refractivity contribution in [2.45, 2.75) is 12.5 Å². The van der Waals surface area contributed by atoms with Gasteiger partial charge in [-0.2, -0.15) is 0 Å². The van der Waals surface area contributed by atoms with Crippen LogP contribution >= 0.6 is 0 Å². The Labute approximate surface area is 143 Å². The van der Waals surface area contributed by atoms with Gasteiger partial charge in [0.2, 0.25) is 5.54 Å². The van der Waals surface area contributed by atoms with Crippen molar-refractivity contribution in [3.05, 3.63) is 81.3 Å². The third kappa shape index (κ3) is 2.08. The van der Waals surface area contributed by atoms with Crippen LogP contribution in [0.3, 0.4) is 0 Å². The average Bonchev–Trinajstić information content (AvgIpc) is 3.10. The first kappa shape index (κ1) is 15.2. The number of hydrogen-bond donors (Lipinski definition) is 4. The molecule has 2 aromatic rings. The zero-order chi connectivity index (χ0) is 17.6. The van der Waals surface area contributed by atoms with Crippen molar-refractivity contribution in [1.82, 2.24) is 10.9 Å². The van der Waals surface area contributed by atoms with Crippen molar-refractivity contribution in [3.63, 3.8) is 0 Å². The molecule has 1 atom stereocenters. The molecule has 25 heavy (non-hydrogen) atoms. The highest BCUT2D eigenvalue weighted by atomic mass is 16.6. The maximum Gasteiger partial charge on any atom is 0.323 e. The zero-order valence-corrected chi connectivity index (χ0v) is 13.3. The molecule has 8 nitrogen and oxygen atoms in total. The largest absolute Gasteiger partial charge is 0.335 e. The average molecular weight is 337 g/mol. The highest BCUT2D eigenvalue weighted by Crippen LogP contribution is 2.43. The summed E-state index contributed by atoms with van der Waals surface area (Å²) in [5.41, 5.74) is 6.47. The monoisotopic (exact) mass is 337 g/mol. The molecule has 1 spiro atoms. The summed E-state index contributed by atoms with van der Waals surface area (Å²) in [4.78, 5) is 24.0. The summed E-state index contributed by atoms with van der Waals surface area (Å²) >= 11 is 0. The van der Waals surface area contributed by atoms with E-state index in [9.17, 15) is 14.9 Å². The number of benzene rings is 2. The summed E-state index contributed by atoms with van der Waals surface area (Å²) in [5, 5.41) is 17.6. The van der Waals surface area contributed by atoms with Crippen LogP contribution in [0.4, 0.5) is 11.4 Å². The van der Waals surface area contributed by atoms with Crippen molar-refractivity contribution in [1.29, 1.82) is 0 Å². The predicted octanol–water partition coefficient (Wildman–Crippen LogP) is 1.81. The molecule has 0 saturated carbocycles. The van der Waals surface area contributed by atoms with Gasteiger partial charge in [-0.25, -0.2) is 5.43 Å². The topological polar surface area (TPSA) is 108 Å². The maximum absolute atomic E-state index is 12.7. The molecule has 2 heterocycles. The molecule has 0 aliphatic carbocycles. The molecule has 1 unspecified atom stereocenters. The zero-order valence-electron chi connectivity index (χ0n) is 13.3. The molecule has 2 aliphatic heterocycles. The van der Waals surface area contributed by atoms with E-state index in [1.54, 1.807) is 24.3 Å². The highest BCUT2D eigenvalue weighted by Gasteiger charge is 2.61. The Hall–Kier alpha value is -3.39. The Morgan fingerprint density at radius 2 is 1.84 bits per heavy atom. The lowest BCUT2D eigenvalue weighted by Gasteiger charge is -2.18. The van der Waals surface area contributed by atoms with Gasteiger partial charge in [0, 0.05) is 16.9 Å². The highest BCUT2D eigenvalue weighted by molar-refractivity contribution is 6.08. The second kappa shape index (κ2) is 5.32. The minimum Gasteiger partial charge on any atom is -0.335 e. The molecule has 0 aromatic heterocycles. The van der Waals surface area contributed by atoms with Crippen LogP contribution in [0.15, 0.2) is 60.0 Å². The number of anilines is 2. The van der Waals surface area contributed by atoms with E-state index in [0.717, 1.165) is 11.3 Å². The number of fused-ring (bicyclic) bond motifs is 2. The van der Waals surface area contributed by atoms with Crippen molar-refractivity contribution in [3.8, 4) is 0 Å². The van der Waals surface area contributed by atoms with E-state index in [0.29, 0.717) is 11.3 Å². The van der Waals surface area contributed by atoms with Crippen molar-refractivity contribution in [2.24, 2.45) is 0 Å². The number of hydrogen-bond acceptors (Lipinski definition) is 6. The number of nitrogens with zero attached hydrogens (tertiary/aromatic N) is 1. The Morgan fingerprint density at radius 1 is 1.12 bits per heavy atom. The summed E-state index contributed by atoms with van der Waals surface area (Å²) in [7, 11) is 0. The van der Waals surface area contributed by atoms with E-state index < -0.39 is 16.4 Å². The molecule has 2 aromatic carbocycles. The number of nitrogens with one attached hydrogen (secondary N) is 4. The Bertz CT molecular complexity index is 939. The summed E-state index contributed by atoms with van der Waals surface area (Å²) in [5.74, 6) is -0.347. The van der Waals surface area contributed by atoms with E-state index in [2.05, 4.69) is 21.5 Å². The SMILES string of the molecule is Cc1ccccc1NC1=C([N+](=O)[O-])C2(NN1)C(=O)Nc1ccccc12. The normalized spacial score (nSPS) is 21.1. The van der Waals surface area contributed by atoms with Crippen molar-refractivity contribution >= 4 is 17.3 Å². The van der Waals surface area contributed by atoms with Gasteiger partial charge < -0.3 is 10.6 Å². The van der Waals surface area contributed by atoms with E-state index >= 15 is 0 Å². The van der Waals surface area contributed by atoms with Crippen molar-refractivity contribution in [2.75, 3.05) is 10.6 Å². The number of hydrazine groups is 1. The lowest BCUT2D eigenvalue weighted by Crippen LogP contribution is -2.50. The standard InChI is InChI=1S/C17H15N5O3/c1-10-6-2-4-8-12(10)18-15-14(22(24)25)17(21-20-15)11-7-3-5-9-13(11)19-16(17)23/h2-9,18,20-21H,1H3,(H,19,23). The molecule has 0 fully saturated rings. The number of aryl methyl sites for hydroxylation is 1. The summed E-state index contributed by atoms with van der Waals surface area (Å²) in [6.45, 7) is 1.89. The lowest BCUT2D eigenvalue weighted by molar-refractivity contribution is -0.434. The summed E-state index contributed by atoms with van der Waals surface area (Å²) in [6.07, 6.45) is 0. The molecule has 0 bridgehead atoms. The number of para-hydroxylation sites is 2. The van der Waals surface area contributed by atoms with Crippen LogP contribution < -0.4 is 21.5 Å². The molecule has 4 N–H and O–H groups in total. The summed E-state index contributed by atoms with van der Waals surface area (Å²) in [6, 6.07) is 14.3. The van der Waals surface area contributed by atoms with Crippen LogP contribution in [0, 0.1) is 17.0 Å². The molecule has 126 valence electrons. The third-order valence-corrected chi connectivity index (χ3v) is 4.47. The third-order valence-electron chi connectivity index (χ3n) is 4.47. The Balaban J connectivity index is 1.86. The fraction of sp³-hybridized carbons (Fsp3) is 0.118. The van der Waals surface area contributed by atoms with Gasteiger partial charge in [0.1, 0.15) is 0 Å². The first-order valence-corrected chi connectivity index (χ1v) is 7.70. The van der Waals surface area contributed by atoms with Crippen LogP contribution in [0.1, 0.15) is 11.1 Å². The number of amides is 1. The number of rotatable bonds is 3. The van der Waals surface area contributed by atoms with Gasteiger partial charge in [0.15, 0.2) is 5.82 Å². The molecular weight excluding hydrogens is 322 g/mol. The van der Waals surface area contributed by atoms with E-state index in [1.165, 1.54) is 0 Å². The van der Waals surface area contributed by atoms with Crippen LogP contribution in [0.5, 0.6) is 0 Å². The first-order valence-electron chi connectivity index (χ1n) is 7.70. The van der Waals surface area contributed by atoms with Gasteiger partial charge in [-0.3, -0.25) is 20.3 Å². The van der Waals surface area contributed by atoms with Crippen LogP contribution in [0.25, 0.3) is 0 Å². The Morgan fingerprint density at radius 3 is 2.60 bits per heavy atom. The van der Waals surface area contributed by atoms with Gasteiger partial charge in [-0.15, -0.1) is 0 Å². The van der Waals surface area contributed by atoms with Gasteiger partial charge in [0.25, 0.3) is 5.91 Å². The number of nitro groups is 1. The van der Waals surface area contributed by atoms with Crippen LogP contribution in [0.2, 0.25) is 0 Å². The minimum atomic E-state index is -1.58. The minimum absolute atomic E-state index is 0.145. The molecule has 4 rings (SSSR count). The molecule has 1 amide bonds. The molecular formula is C17H15N5O3. The van der Waals surface area contributed by atoms with Gasteiger partial charge >= 0.3 is 5.70 Å². The number of carbonyl (C=O) groups is 1. The Kier molecular flexibility index (Phi) is 3.22. The molecule has 8 heteroatoms. The van der Waals surface area contributed by atoms with Crippen molar-refractivity contribution < 1.29 is 9.72 Å². The maximum atomic E-state index is 12.7. The van der Waals surface area contributed by atoms with Gasteiger partial charge in [-0.1, -0.05) is 36.4 Å². The van der Waals surface area contributed by atoms with E-state index in [1.807, 2.05) is 31.2 Å². The molecule has 0 radical (unpaired) electrons. The van der Waals surface area contributed by atoms with Gasteiger partial charge in [-0.05, 0) is 24.6 Å². The van der Waals surface area contributed by atoms with Crippen LogP contribution in [-0.2, 0) is 10.3 Å². The molecule has 2 aliphatic rings. The first-order chi connectivity index (χ1) is 12.0. The van der Waals surface area contributed by atoms with E-state index in [4.69, 9.17) is 0 Å². The quantitative estimate of drug-likeness (QED) is 0.502. The second-order valence-electron chi connectivity index (χ2n) is 5.92. The lowest BCUT2D eigenvalue weighted by atomic mass is 9.89. The van der Waals surface area contributed by atoms with Gasteiger partial charge in [0.05, 0.1) is 4.92 Å².